The van der Waals surface area contributed by atoms with E-state index in [-0.39, 0.29) is 12.5 Å². The van der Waals surface area contributed by atoms with Gasteiger partial charge < -0.3 is 10.4 Å². The number of nitrogens with zero attached hydrogens (tertiary/aromatic N) is 1. The first-order valence-electron chi connectivity index (χ1n) is 9.57. The summed E-state index contributed by atoms with van der Waals surface area (Å²) in [6.07, 6.45) is 0. The molecule has 1 aliphatic rings. The largest absolute Gasteiger partial charge is 0.372 e. The van der Waals surface area contributed by atoms with E-state index in [1.165, 1.54) is 4.90 Å². The van der Waals surface area contributed by atoms with Gasteiger partial charge in [0.15, 0.2) is 5.60 Å². The number of aryl methyl sites for hydroxylation is 2. The van der Waals surface area contributed by atoms with Crippen molar-refractivity contribution in [3.8, 4) is 0 Å². The Bertz CT molecular complexity index is 1160. The molecule has 0 fully saturated rings. The molecule has 0 radical (unpaired) electrons. The zero-order chi connectivity index (χ0) is 21.5. The molecule has 2 N–H and O–H groups in total. The number of benzene rings is 3. The highest BCUT2D eigenvalue weighted by Crippen LogP contribution is 2.44. The average molecular weight is 421 g/mol. The van der Waals surface area contributed by atoms with Crippen LogP contribution < -0.4 is 10.2 Å². The van der Waals surface area contributed by atoms with Crippen molar-refractivity contribution in [3.63, 3.8) is 0 Å². The molecule has 5 nitrogen and oxygen atoms in total. The summed E-state index contributed by atoms with van der Waals surface area (Å²) in [7, 11) is 0. The zero-order valence-corrected chi connectivity index (χ0v) is 17.4. The molecule has 0 unspecified atom stereocenters. The highest BCUT2D eigenvalue weighted by molar-refractivity contribution is 6.30. The number of nitrogens with one attached hydrogen (secondary N) is 1. The molecule has 30 heavy (non-hydrogen) atoms. The lowest BCUT2D eigenvalue weighted by Crippen LogP contribution is -2.44. The van der Waals surface area contributed by atoms with Crippen molar-refractivity contribution < 1.29 is 14.7 Å². The van der Waals surface area contributed by atoms with Crippen LogP contribution in [0.5, 0.6) is 0 Å². The minimum atomic E-state index is -1.90. The fraction of sp³-hybridized carbons (Fsp3) is 0.167. The molecule has 6 heteroatoms. The Balaban J connectivity index is 1.66. The van der Waals surface area contributed by atoms with Crippen LogP contribution in [0.25, 0.3) is 0 Å². The second-order valence-corrected chi connectivity index (χ2v) is 7.93. The number of aliphatic hydroxyl groups is 1. The molecule has 3 aromatic carbocycles. The summed E-state index contributed by atoms with van der Waals surface area (Å²) in [5, 5.41) is 14.7. The van der Waals surface area contributed by atoms with E-state index in [1.54, 1.807) is 48.5 Å². The summed E-state index contributed by atoms with van der Waals surface area (Å²) >= 11 is 6.10. The van der Waals surface area contributed by atoms with E-state index in [0.29, 0.717) is 27.5 Å². The summed E-state index contributed by atoms with van der Waals surface area (Å²) in [6.45, 7) is 3.68. The van der Waals surface area contributed by atoms with E-state index >= 15 is 0 Å². The Labute approximate surface area is 179 Å². The van der Waals surface area contributed by atoms with E-state index in [2.05, 4.69) is 5.32 Å². The molecular weight excluding hydrogens is 400 g/mol. The van der Waals surface area contributed by atoms with Gasteiger partial charge in [-0.3, -0.25) is 14.5 Å². The second kappa shape index (κ2) is 7.59. The van der Waals surface area contributed by atoms with Crippen LogP contribution in [0.3, 0.4) is 0 Å². The molecule has 0 aliphatic carbocycles. The molecule has 152 valence electrons. The maximum Gasteiger partial charge on any atom is 0.268 e. The van der Waals surface area contributed by atoms with Gasteiger partial charge in [-0.2, -0.15) is 0 Å². The van der Waals surface area contributed by atoms with Gasteiger partial charge in [0.25, 0.3) is 5.91 Å². The normalized spacial score (nSPS) is 17.7. The molecular formula is C24H21ClN2O3. The summed E-state index contributed by atoms with van der Waals surface area (Å²) in [6, 6.07) is 19.2. The Morgan fingerprint density at radius 1 is 1.07 bits per heavy atom. The molecule has 3 aromatic rings. The van der Waals surface area contributed by atoms with Crippen molar-refractivity contribution in [3.05, 3.63) is 94.0 Å². The molecule has 0 spiro atoms. The number of hydrogen-bond donors (Lipinski definition) is 2. The molecule has 0 saturated carbocycles. The van der Waals surface area contributed by atoms with E-state index in [0.717, 1.165) is 11.1 Å². The van der Waals surface area contributed by atoms with Crippen molar-refractivity contribution in [1.29, 1.82) is 0 Å². The molecule has 0 saturated heterocycles. The van der Waals surface area contributed by atoms with Gasteiger partial charge in [-0.15, -0.1) is 0 Å². The van der Waals surface area contributed by atoms with E-state index in [4.69, 9.17) is 11.6 Å². The number of hydrogen-bond acceptors (Lipinski definition) is 3. The van der Waals surface area contributed by atoms with Crippen molar-refractivity contribution in [2.24, 2.45) is 0 Å². The number of carbonyl (C=O) groups is 2. The molecule has 2 amide bonds. The quantitative estimate of drug-likeness (QED) is 0.665. The third kappa shape index (κ3) is 3.36. The fourth-order valence-corrected chi connectivity index (χ4v) is 4.06. The number of rotatable bonds is 4. The van der Waals surface area contributed by atoms with Gasteiger partial charge in [0.1, 0.15) is 6.54 Å². The van der Waals surface area contributed by atoms with Crippen LogP contribution in [0.15, 0.2) is 66.7 Å². The van der Waals surface area contributed by atoms with Gasteiger partial charge in [-0.1, -0.05) is 59.6 Å². The Hall–Kier alpha value is -3.15. The summed E-state index contributed by atoms with van der Waals surface area (Å²) in [4.78, 5) is 27.4. The molecule has 1 atom stereocenters. The minimum absolute atomic E-state index is 0.216. The Kier molecular flexibility index (Phi) is 5.10. The lowest BCUT2D eigenvalue weighted by Gasteiger charge is -2.24. The molecule has 0 aromatic heterocycles. The summed E-state index contributed by atoms with van der Waals surface area (Å²) < 4.78 is 0. The zero-order valence-electron chi connectivity index (χ0n) is 16.6. The lowest BCUT2D eigenvalue weighted by molar-refractivity contribution is -0.133. The smallest absolute Gasteiger partial charge is 0.268 e. The molecule has 0 bridgehead atoms. The number of amides is 2. The fourth-order valence-electron chi connectivity index (χ4n) is 3.87. The van der Waals surface area contributed by atoms with E-state index in [1.807, 2.05) is 32.0 Å². The van der Waals surface area contributed by atoms with Gasteiger partial charge in [-0.25, -0.2) is 0 Å². The van der Waals surface area contributed by atoms with Gasteiger partial charge in [0, 0.05) is 16.3 Å². The van der Waals surface area contributed by atoms with Crippen molar-refractivity contribution in [2.45, 2.75) is 19.4 Å². The highest BCUT2D eigenvalue weighted by atomic mass is 35.5. The first-order chi connectivity index (χ1) is 14.3. The van der Waals surface area contributed by atoms with Crippen molar-refractivity contribution in [2.75, 3.05) is 16.8 Å². The Morgan fingerprint density at radius 2 is 1.83 bits per heavy atom. The molecule has 1 heterocycles. The lowest BCUT2D eigenvalue weighted by atomic mass is 9.87. The van der Waals surface area contributed by atoms with Crippen LogP contribution in [0.4, 0.5) is 11.4 Å². The summed E-state index contributed by atoms with van der Waals surface area (Å²) in [5.74, 6) is -0.929. The summed E-state index contributed by atoms with van der Waals surface area (Å²) in [5.41, 5.74) is 2.12. The maximum atomic E-state index is 13.3. The minimum Gasteiger partial charge on any atom is -0.372 e. The second-order valence-electron chi connectivity index (χ2n) is 7.50. The van der Waals surface area contributed by atoms with Gasteiger partial charge in [0.2, 0.25) is 5.91 Å². The van der Waals surface area contributed by atoms with Gasteiger partial charge in [-0.05, 0) is 49.2 Å². The van der Waals surface area contributed by atoms with Crippen LogP contribution in [-0.2, 0) is 15.2 Å². The van der Waals surface area contributed by atoms with Crippen LogP contribution in [-0.4, -0.2) is 23.5 Å². The first-order valence-corrected chi connectivity index (χ1v) is 9.95. The first kappa shape index (κ1) is 20.1. The van der Waals surface area contributed by atoms with Crippen LogP contribution >= 0.6 is 11.6 Å². The van der Waals surface area contributed by atoms with E-state index in [9.17, 15) is 14.7 Å². The SMILES string of the molecule is Cc1ccc(NC(=O)CN2C(=O)[C@](O)(c3cccc(Cl)c3)c3ccccc32)c(C)c1. The van der Waals surface area contributed by atoms with Crippen LogP contribution in [0, 0.1) is 13.8 Å². The predicted octanol–water partition coefficient (Wildman–Crippen LogP) is 4.18. The topological polar surface area (TPSA) is 69.6 Å². The van der Waals surface area contributed by atoms with Crippen molar-refractivity contribution >= 4 is 34.8 Å². The van der Waals surface area contributed by atoms with Gasteiger partial charge >= 0.3 is 0 Å². The number of halogens is 1. The predicted molar refractivity (Wildman–Crippen MR) is 118 cm³/mol. The number of carbonyl (C=O) groups excluding carboxylic acids is 2. The number of para-hydroxylation sites is 1. The molecule has 1 aliphatic heterocycles. The Morgan fingerprint density at radius 3 is 2.57 bits per heavy atom. The third-order valence-electron chi connectivity index (χ3n) is 5.34. The maximum absolute atomic E-state index is 13.3. The third-order valence-corrected chi connectivity index (χ3v) is 5.57. The monoisotopic (exact) mass is 420 g/mol. The van der Waals surface area contributed by atoms with Crippen LogP contribution in [0.2, 0.25) is 5.02 Å². The molecule has 4 rings (SSSR count). The van der Waals surface area contributed by atoms with Crippen molar-refractivity contribution in [1.82, 2.24) is 0 Å². The average Bonchev–Trinajstić information content (AvgIpc) is 2.93. The number of anilines is 2. The van der Waals surface area contributed by atoms with Crippen LogP contribution in [0.1, 0.15) is 22.3 Å². The van der Waals surface area contributed by atoms with E-state index < -0.39 is 11.5 Å². The number of fused-ring (bicyclic) bond motifs is 1. The van der Waals surface area contributed by atoms with Gasteiger partial charge in [0.05, 0.1) is 5.69 Å². The highest BCUT2D eigenvalue weighted by Gasteiger charge is 2.51. The standard InChI is InChI=1S/C24H21ClN2O3/c1-15-10-11-20(16(2)12-15)26-22(28)14-27-21-9-4-3-8-19(21)24(30,23(27)29)17-6-5-7-18(25)13-17/h3-13,30H,14H2,1-2H3,(H,26,28)/t24-/m0/s1.